The Morgan fingerprint density at radius 2 is 1.69 bits per heavy atom. The van der Waals surface area contributed by atoms with Crippen LogP contribution in [0.1, 0.15) is 16.7 Å². The minimum atomic E-state index is -3.15. The van der Waals surface area contributed by atoms with Crippen LogP contribution in [0.5, 0.6) is 0 Å². The smallest absolute Gasteiger partial charge is 0.314 e. The molecule has 2 aromatic rings. The molecular formula is C20H22N2O3S. The molecule has 0 saturated carbocycles. The second-order valence-electron chi connectivity index (χ2n) is 7.26. The molecule has 136 valence electrons. The molecular weight excluding hydrogens is 348 g/mol. The third kappa shape index (κ3) is 2.88. The lowest BCUT2D eigenvalue weighted by molar-refractivity contribution is 0.205. The molecule has 5 nitrogen and oxygen atoms in total. The standard InChI is InChI=1S/C20H22N2O3S/c1-14-8-9-15(2)16(10-14)11-21-18-12-26(24,25)13-19(18)22(20(21)23)17-6-4-3-5-7-17/h3-10,18-19H,11-13H2,1-2H3. The zero-order valence-corrected chi connectivity index (χ0v) is 15.7. The minimum Gasteiger partial charge on any atom is -0.314 e. The predicted molar refractivity (Wildman–Crippen MR) is 102 cm³/mol. The third-order valence-electron chi connectivity index (χ3n) is 5.36. The van der Waals surface area contributed by atoms with E-state index in [1.807, 2.05) is 56.3 Å². The lowest BCUT2D eigenvalue weighted by atomic mass is 10.0. The number of amides is 2. The van der Waals surface area contributed by atoms with Gasteiger partial charge in [-0.2, -0.15) is 0 Å². The Balaban J connectivity index is 1.72. The average Bonchev–Trinajstić information content (AvgIpc) is 3.02. The number of anilines is 1. The number of carbonyl (C=O) groups excluding carboxylic acids is 1. The lowest BCUT2D eigenvalue weighted by Crippen LogP contribution is -2.37. The molecule has 2 aliphatic rings. The number of sulfone groups is 1. The Morgan fingerprint density at radius 3 is 2.42 bits per heavy atom. The van der Waals surface area contributed by atoms with E-state index in [9.17, 15) is 13.2 Å². The van der Waals surface area contributed by atoms with Crippen molar-refractivity contribution >= 4 is 21.6 Å². The van der Waals surface area contributed by atoms with E-state index in [1.54, 1.807) is 9.80 Å². The normalized spacial score (nSPS) is 24.2. The van der Waals surface area contributed by atoms with E-state index in [-0.39, 0.29) is 29.6 Å². The van der Waals surface area contributed by atoms with Crippen LogP contribution in [0, 0.1) is 13.8 Å². The van der Waals surface area contributed by atoms with Gasteiger partial charge < -0.3 is 4.90 Å². The van der Waals surface area contributed by atoms with Gasteiger partial charge in [-0.1, -0.05) is 42.0 Å². The summed E-state index contributed by atoms with van der Waals surface area (Å²) < 4.78 is 24.6. The number of hydrogen-bond donors (Lipinski definition) is 0. The van der Waals surface area contributed by atoms with Crippen LogP contribution in [0.3, 0.4) is 0 Å². The fourth-order valence-electron chi connectivity index (χ4n) is 4.01. The van der Waals surface area contributed by atoms with Crippen molar-refractivity contribution in [2.75, 3.05) is 16.4 Å². The van der Waals surface area contributed by atoms with Crippen molar-refractivity contribution in [3.8, 4) is 0 Å². The number of para-hydroxylation sites is 1. The highest BCUT2D eigenvalue weighted by Crippen LogP contribution is 2.36. The van der Waals surface area contributed by atoms with E-state index in [4.69, 9.17) is 0 Å². The van der Waals surface area contributed by atoms with Gasteiger partial charge >= 0.3 is 6.03 Å². The molecule has 6 heteroatoms. The van der Waals surface area contributed by atoms with E-state index < -0.39 is 9.84 Å². The summed E-state index contributed by atoms with van der Waals surface area (Å²) in [6.45, 7) is 4.48. The maximum Gasteiger partial charge on any atom is 0.325 e. The Bertz CT molecular complexity index is 956. The first kappa shape index (κ1) is 17.1. The van der Waals surface area contributed by atoms with Crippen LogP contribution < -0.4 is 4.90 Å². The quantitative estimate of drug-likeness (QED) is 0.781. The summed E-state index contributed by atoms with van der Waals surface area (Å²) in [5.74, 6) is 0.0687. The number of aryl methyl sites for hydroxylation is 2. The second-order valence-corrected chi connectivity index (χ2v) is 9.41. The molecule has 0 aliphatic carbocycles. The first-order valence-corrected chi connectivity index (χ1v) is 10.6. The number of nitrogens with zero attached hydrogens (tertiary/aromatic N) is 2. The van der Waals surface area contributed by atoms with Gasteiger partial charge in [0.25, 0.3) is 0 Å². The van der Waals surface area contributed by atoms with Gasteiger partial charge in [-0.3, -0.25) is 4.90 Å². The highest BCUT2D eigenvalue weighted by Gasteiger charge is 2.53. The molecule has 0 radical (unpaired) electrons. The van der Waals surface area contributed by atoms with Gasteiger partial charge in [0.1, 0.15) is 0 Å². The van der Waals surface area contributed by atoms with Crippen LogP contribution in [0.4, 0.5) is 10.5 Å². The fraction of sp³-hybridized carbons (Fsp3) is 0.350. The molecule has 2 heterocycles. The highest BCUT2D eigenvalue weighted by atomic mass is 32.2. The first-order chi connectivity index (χ1) is 12.4. The van der Waals surface area contributed by atoms with E-state index in [0.29, 0.717) is 6.54 Å². The van der Waals surface area contributed by atoms with Gasteiger partial charge in [0, 0.05) is 12.2 Å². The van der Waals surface area contributed by atoms with Crippen molar-refractivity contribution in [3.05, 3.63) is 65.2 Å². The SMILES string of the molecule is Cc1ccc(C)c(CN2C(=O)N(c3ccccc3)C3CS(=O)(=O)CC32)c1. The maximum atomic E-state index is 13.2. The average molecular weight is 370 g/mol. The number of fused-ring (bicyclic) bond motifs is 1. The van der Waals surface area contributed by atoms with E-state index in [1.165, 1.54) is 0 Å². The lowest BCUT2D eigenvalue weighted by Gasteiger charge is -2.23. The molecule has 0 spiro atoms. The topological polar surface area (TPSA) is 57.7 Å². The molecule has 4 rings (SSSR count). The largest absolute Gasteiger partial charge is 0.325 e. The van der Waals surface area contributed by atoms with Gasteiger partial charge in [-0.15, -0.1) is 0 Å². The van der Waals surface area contributed by atoms with E-state index in [0.717, 1.165) is 22.4 Å². The van der Waals surface area contributed by atoms with Crippen molar-refractivity contribution < 1.29 is 13.2 Å². The van der Waals surface area contributed by atoms with E-state index >= 15 is 0 Å². The molecule has 2 amide bonds. The van der Waals surface area contributed by atoms with E-state index in [2.05, 4.69) is 6.07 Å². The van der Waals surface area contributed by atoms with Crippen molar-refractivity contribution in [3.63, 3.8) is 0 Å². The van der Waals surface area contributed by atoms with Gasteiger partial charge in [-0.05, 0) is 37.1 Å². The van der Waals surface area contributed by atoms with Crippen molar-refractivity contribution in [1.29, 1.82) is 0 Å². The molecule has 2 fully saturated rings. The molecule has 0 aromatic heterocycles. The predicted octanol–water partition coefficient (Wildman–Crippen LogP) is 2.91. The van der Waals surface area contributed by atoms with Crippen LogP contribution in [0.25, 0.3) is 0 Å². The molecule has 2 unspecified atom stereocenters. The summed E-state index contributed by atoms with van der Waals surface area (Å²) >= 11 is 0. The molecule has 2 atom stereocenters. The summed E-state index contributed by atoms with van der Waals surface area (Å²) in [5.41, 5.74) is 4.07. The number of carbonyl (C=O) groups is 1. The summed E-state index contributed by atoms with van der Waals surface area (Å²) in [4.78, 5) is 16.6. The van der Waals surface area contributed by atoms with Gasteiger partial charge in [-0.25, -0.2) is 13.2 Å². The second kappa shape index (κ2) is 6.13. The van der Waals surface area contributed by atoms with Crippen molar-refractivity contribution in [2.24, 2.45) is 0 Å². The van der Waals surface area contributed by atoms with Gasteiger partial charge in [0.2, 0.25) is 0 Å². The number of rotatable bonds is 3. The minimum absolute atomic E-state index is 0.0294. The zero-order chi connectivity index (χ0) is 18.5. The Kier molecular flexibility index (Phi) is 4.03. The van der Waals surface area contributed by atoms with Crippen molar-refractivity contribution in [2.45, 2.75) is 32.5 Å². The molecule has 26 heavy (non-hydrogen) atoms. The molecule has 0 N–H and O–H groups in total. The molecule has 0 bridgehead atoms. The third-order valence-corrected chi connectivity index (χ3v) is 7.06. The highest BCUT2D eigenvalue weighted by molar-refractivity contribution is 7.91. The first-order valence-electron chi connectivity index (χ1n) is 8.77. The molecule has 2 aliphatic heterocycles. The number of urea groups is 1. The molecule has 2 saturated heterocycles. The van der Waals surface area contributed by atoms with Crippen LogP contribution in [-0.4, -0.2) is 42.9 Å². The fourth-order valence-corrected chi connectivity index (χ4v) is 5.96. The van der Waals surface area contributed by atoms with Crippen LogP contribution in [0.15, 0.2) is 48.5 Å². The van der Waals surface area contributed by atoms with Crippen LogP contribution in [0.2, 0.25) is 0 Å². The zero-order valence-electron chi connectivity index (χ0n) is 14.9. The monoisotopic (exact) mass is 370 g/mol. The summed E-state index contributed by atoms with van der Waals surface area (Å²) in [7, 11) is -3.15. The Hall–Kier alpha value is -2.34. The maximum absolute atomic E-state index is 13.2. The van der Waals surface area contributed by atoms with Crippen LogP contribution >= 0.6 is 0 Å². The Morgan fingerprint density at radius 1 is 1.00 bits per heavy atom. The Labute approximate surface area is 154 Å². The summed E-state index contributed by atoms with van der Waals surface area (Å²) in [6.07, 6.45) is 0. The van der Waals surface area contributed by atoms with Crippen LogP contribution in [-0.2, 0) is 16.4 Å². The molecule has 2 aromatic carbocycles. The van der Waals surface area contributed by atoms with Gasteiger partial charge in [0.15, 0.2) is 9.84 Å². The van der Waals surface area contributed by atoms with Gasteiger partial charge in [0.05, 0.1) is 23.6 Å². The number of hydrogen-bond acceptors (Lipinski definition) is 3. The summed E-state index contributed by atoms with van der Waals surface area (Å²) in [6, 6.07) is 14.8. The van der Waals surface area contributed by atoms with Crippen molar-refractivity contribution in [1.82, 2.24) is 4.90 Å². The number of benzene rings is 2. The summed E-state index contributed by atoms with van der Waals surface area (Å²) in [5, 5.41) is 0.